The number of aromatic hydroxyl groups is 1. The fourth-order valence-corrected chi connectivity index (χ4v) is 6.01. The summed E-state index contributed by atoms with van der Waals surface area (Å²) in [5, 5.41) is 44.8. The van der Waals surface area contributed by atoms with Crippen LogP contribution in [-0.4, -0.2) is 68.5 Å². The number of amides is 1. The molecule has 0 aromatic heterocycles. The number of ketones is 2. The van der Waals surface area contributed by atoms with E-state index in [0.29, 0.717) is 11.1 Å². The zero-order valence-electron chi connectivity index (χ0n) is 20.2. The van der Waals surface area contributed by atoms with Crippen molar-refractivity contribution in [3.8, 4) is 5.75 Å². The van der Waals surface area contributed by atoms with Gasteiger partial charge in [-0.1, -0.05) is 48.5 Å². The van der Waals surface area contributed by atoms with E-state index in [1.165, 1.54) is 11.0 Å². The lowest BCUT2D eigenvalue weighted by molar-refractivity contribution is -0.148. The van der Waals surface area contributed by atoms with E-state index >= 15 is 0 Å². The fraction of sp³-hybridized carbons (Fsp3) is 0.250. The van der Waals surface area contributed by atoms with Gasteiger partial charge in [-0.05, 0) is 43.3 Å². The second kappa shape index (κ2) is 8.43. The van der Waals surface area contributed by atoms with Gasteiger partial charge < -0.3 is 26.2 Å². The highest BCUT2D eigenvalue weighted by molar-refractivity contribution is 6.25. The molecular weight excluding hydrogens is 476 g/mol. The van der Waals surface area contributed by atoms with Crippen molar-refractivity contribution in [2.45, 2.75) is 18.1 Å². The van der Waals surface area contributed by atoms with Gasteiger partial charge in [0.15, 0.2) is 11.4 Å². The van der Waals surface area contributed by atoms with Crippen LogP contribution in [0.2, 0.25) is 0 Å². The maximum absolute atomic E-state index is 13.7. The van der Waals surface area contributed by atoms with Crippen LogP contribution >= 0.6 is 0 Å². The standard InChI is InChI=1S/C28H26N2O7/c1-30(2)22-17-12-16-15(11-13-7-4-3-5-8-13)14-9-6-10-18(31)19(14)23(32)20(16)25(34)28(17,37)26(35)21(24(22)33)27(29)36/h3-11,16-17,22,31,33-34,37H,12H2,1-2H3,(H2,29,36)/b15-11+/t16-,17+,22+,28+/m0/s1. The van der Waals surface area contributed by atoms with Crippen molar-refractivity contribution in [1.82, 2.24) is 4.90 Å². The predicted molar refractivity (Wildman–Crippen MR) is 134 cm³/mol. The Morgan fingerprint density at radius 3 is 2.35 bits per heavy atom. The van der Waals surface area contributed by atoms with E-state index in [-0.39, 0.29) is 23.3 Å². The average Bonchev–Trinajstić information content (AvgIpc) is 2.84. The van der Waals surface area contributed by atoms with Gasteiger partial charge in [-0.15, -0.1) is 0 Å². The van der Waals surface area contributed by atoms with Crippen LogP contribution in [0.3, 0.4) is 0 Å². The molecule has 0 heterocycles. The SMILES string of the molecule is CN(C)[C@H]1C(O)=C(C(N)=O)C(=O)[C@]2(O)C(O)=C3C(=O)c4c(O)cccc4/C(=C\c4ccccc4)[C@@H]3C[C@H]12. The number of phenols is 1. The van der Waals surface area contributed by atoms with Gasteiger partial charge in [0.2, 0.25) is 5.78 Å². The van der Waals surface area contributed by atoms with Gasteiger partial charge in [-0.2, -0.15) is 0 Å². The first kappa shape index (κ1) is 24.5. The second-order valence-corrected chi connectivity index (χ2v) is 9.82. The minimum absolute atomic E-state index is 0.0277. The highest BCUT2D eigenvalue weighted by atomic mass is 16.3. The van der Waals surface area contributed by atoms with E-state index < -0.39 is 58.0 Å². The van der Waals surface area contributed by atoms with Crippen LogP contribution in [-0.2, 0) is 9.59 Å². The number of Topliss-reactive ketones (excluding diaryl/α,β-unsaturated/α-hetero) is 2. The van der Waals surface area contributed by atoms with Crippen LogP contribution in [0.15, 0.2) is 71.2 Å². The number of carbonyl (C=O) groups excluding carboxylic acids is 3. The van der Waals surface area contributed by atoms with E-state index in [9.17, 15) is 34.8 Å². The summed E-state index contributed by atoms with van der Waals surface area (Å²) >= 11 is 0. The molecule has 0 unspecified atom stereocenters. The molecule has 37 heavy (non-hydrogen) atoms. The Morgan fingerprint density at radius 2 is 1.73 bits per heavy atom. The minimum atomic E-state index is -2.69. The lowest BCUT2D eigenvalue weighted by Gasteiger charge is -2.50. The molecule has 9 heteroatoms. The summed E-state index contributed by atoms with van der Waals surface area (Å²) < 4.78 is 0. The monoisotopic (exact) mass is 502 g/mol. The number of primary amides is 1. The third-order valence-corrected chi connectivity index (χ3v) is 7.61. The molecule has 0 spiro atoms. The lowest BCUT2D eigenvalue weighted by atomic mass is 9.57. The van der Waals surface area contributed by atoms with Crippen molar-refractivity contribution in [3.05, 3.63) is 87.9 Å². The van der Waals surface area contributed by atoms with E-state index in [0.717, 1.165) is 5.56 Å². The molecule has 0 fully saturated rings. The fourth-order valence-electron chi connectivity index (χ4n) is 6.01. The topological polar surface area (TPSA) is 161 Å². The largest absolute Gasteiger partial charge is 0.510 e. The van der Waals surface area contributed by atoms with Gasteiger partial charge in [0.1, 0.15) is 22.8 Å². The number of hydrogen-bond donors (Lipinski definition) is 5. The van der Waals surface area contributed by atoms with Crippen LogP contribution in [0.25, 0.3) is 11.6 Å². The number of fused-ring (bicyclic) bond motifs is 3. The van der Waals surface area contributed by atoms with E-state index in [1.807, 2.05) is 36.4 Å². The highest BCUT2D eigenvalue weighted by Gasteiger charge is 2.63. The van der Waals surface area contributed by atoms with E-state index in [4.69, 9.17) is 5.73 Å². The molecule has 6 N–H and O–H groups in total. The Balaban J connectivity index is 1.82. The predicted octanol–water partition coefficient (Wildman–Crippen LogP) is 2.12. The quantitative estimate of drug-likeness (QED) is 0.399. The Kier molecular flexibility index (Phi) is 5.58. The van der Waals surface area contributed by atoms with Crippen LogP contribution < -0.4 is 5.73 Å². The number of allylic oxidation sites excluding steroid dienone is 2. The molecule has 2 aromatic rings. The van der Waals surface area contributed by atoms with Crippen molar-refractivity contribution in [2.75, 3.05) is 14.1 Å². The Labute approximate surface area is 212 Å². The molecule has 4 atom stereocenters. The summed E-state index contributed by atoms with van der Waals surface area (Å²) in [6, 6.07) is 12.8. The molecule has 5 rings (SSSR count). The molecule has 0 radical (unpaired) electrons. The average molecular weight is 503 g/mol. The number of nitrogens with two attached hydrogens (primary N) is 1. The molecule has 0 saturated carbocycles. The zero-order chi connectivity index (χ0) is 26.8. The minimum Gasteiger partial charge on any atom is -0.510 e. The maximum Gasteiger partial charge on any atom is 0.255 e. The molecule has 9 nitrogen and oxygen atoms in total. The molecule has 3 aliphatic carbocycles. The third-order valence-electron chi connectivity index (χ3n) is 7.61. The molecule has 0 bridgehead atoms. The highest BCUT2D eigenvalue weighted by Crippen LogP contribution is 2.55. The number of carbonyl (C=O) groups is 3. The number of rotatable bonds is 3. The number of nitrogens with zero attached hydrogens (tertiary/aromatic N) is 1. The summed E-state index contributed by atoms with van der Waals surface area (Å²) in [7, 11) is 3.18. The van der Waals surface area contributed by atoms with Gasteiger partial charge in [0.05, 0.1) is 11.6 Å². The number of aliphatic hydroxyl groups excluding tert-OH is 2. The summed E-state index contributed by atoms with van der Waals surface area (Å²) in [5.74, 6) is -7.00. The van der Waals surface area contributed by atoms with Crippen molar-refractivity contribution < 1.29 is 34.8 Å². The molecule has 0 aliphatic heterocycles. The number of aliphatic hydroxyl groups is 3. The molecular formula is C28H26N2O7. The number of likely N-dealkylation sites (N-methyl/N-ethyl adjacent to an activating group) is 1. The molecule has 0 saturated heterocycles. The van der Waals surface area contributed by atoms with Crippen molar-refractivity contribution in [1.29, 1.82) is 0 Å². The van der Waals surface area contributed by atoms with Crippen molar-refractivity contribution in [2.24, 2.45) is 17.6 Å². The Bertz CT molecular complexity index is 1450. The van der Waals surface area contributed by atoms with Crippen molar-refractivity contribution in [3.63, 3.8) is 0 Å². The van der Waals surface area contributed by atoms with Gasteiger partial charge >= 0.3 is 0 Å². The normalized spacial score (nSPS) is 28.3. The van der Waals surface area contributed by atoms with Gasteiger partial charge in [0.25, 0.3) is 5.91 Å². The summed E-state index contributed by atoms with van der Waals surface area (Å²) in [5.41, 5.74) is 3.40. The third kappa shape index (κ3) is 3.35. The van der Waals surface area contributed by atoms with Gasteiger partial charge in [-0.3, -0.25) is 19.3 Å². The molecule has 190 valence electrons. The Morgan fingerprint density at radius 1 is 1.05 bits per heavy atom. The van der Waals surface area contributed by atoms with Crippen LogP contribution in [0.1, 0.15) is 27.9 Å². The zero-order valence-corrected chi connectivity index (χ0v) is 20.2. The summed E-state index contributed by atoms with van der Waals surface area (Å²) in [6.07, 6.45) is 1.80. The molecule has 3 aliphatic rings. The number of hydrogen-bond acceptors (Lipinski definition) is 8. The smallest absolute Gasteiger partial charge is 0.255 e. The van der Waals surface area contributed by atoms with Gasteiger partial charge in [0, 0.05) is 17.4 Å². The Hall–Kier alpha value is -4.21. The van der Waals surface area contributed by atoms with Crippen LogP contribution in [0, 0.1) is 11.8 Å². The van der Waals surface area contributed by atoms with E-state index in [2.05, 4.69) is 0 Å². The first-order chi connectivity index (χ1) is 17.5. The first-order valence-corrected chi connectivity index (χ1v) is 11.7. The van der Waals surface area contributed by atoms with Crippen LogP contribution in [0.5, 0.6) is 5.75 Å². The second-order valence-electron chi connectivity index (χ2n) is 9.82. The van der Waals surface area contributed by atoms with Crippen molar-refractivity contribution >= 4 is 29.1 Å². The number of phenolic OH excluding ortho intramolecular Hbond substituents is 1. The molecule has 2 aromatic carbocycles. The molecule has 1 amide bonds. The van der Waals surface area contributed by atoms with E-state index in [1.54, 1.807) is 26.2 Å². The maximum atomic E-state index is 13.7. The van der Waals surface area contributed by atoms with Crippen LogP contribution in [0.4, 0.5) is 0 Å². The van der Waals surface area contributed by atoms with Gasteiger partial charge in [-0.25, -0.2) is 0 Å². The summed E-state index contributed by atoms with van der Waals surface area (Å²) in [6.45, 7) is 0. The summed E-state index contributed by atoms with van der Waals surface area (Å²) in [4.78, 5) is 40.8. The number of benzene rings is 2. The lowest BCUT2D eigenvalue weighted by Crippen LogP contribution is -2.63. The first-order valence-electron chi connectivity index (χ1n) is 11.7.